The summed E-state index contributed by atoms with van der Waals surface area (Å²) in [5.74, 6) is -0.740. The normalized spacial score (nSPS) is 19.4. The van der Waals surface area contributed by atoms with Crippen LogP contribution in [-0.2, 0) is 20.4 Å². The Morgan fingerprint density at radius 3 is 2.38 bits per heavy atom. The van der Waals surface area contributed by atoms with Gasteiger partial charge >= 0.3 is 18.4 Å². The summed E-state index contributed by atoms with van der Waals surface area (Å²) in [5.41, 5.74) is 3.95. The molecule has 1 saturated heterocycles. The number of fused-ring (bicyclic) bond motifs is 1. The molecule has 3 atom stereocenters. The lowest BCUT2D eigenvalue weighted by Crippen LogP contribution is -2.48. The fourth-order valence-electron chi connectivity index (χ4n) is 4.15. The molecule has 40 heavy (non-hydrogen) atoms. The average molecular weight is 594 g/mol. The summed E-state index contributed by atoms with van der Waals surface area (Å²) >= 11 is 5.93. The lowest BCUT2D eigenvalue weighted by molar-refractivity contribution is -0.139. The van der Waals surface area contributed by atoms with Gasteiger partial charge in [-0.25, -0.2) is 4.79 Å². The number of hydrogen-bond donors (Lipinski definition) is 2. The molecule has 0 aliphatic carbocycles. The van der Waals surface area contributed by atoms with Gasteiger partial charge in [0.15, 0.2) is 18.3 Å². The number of amidine groups is 1. The average Bonchev–Trinajstić information content (AvgIpc) is 3.66. The molecule has 3 unspecified atom stereocenters. The number of carbonyl (C=O) groups is 2. The lowest BCUT2D eigenvalue weighted by Gasteiger charge is -2.32. The van der Waals surface area contributed by atoms with Crippen molar-refractivity contribution in [3.8, 4) is 0 Å². The summed E-state index contributed by atoms with van der Waals surface area (Å²) in [6, 6.07) is 9.08. The molecular formula is C24H22ClF6N5O4. The Kier molecular flexibility index (Phi) is 8.35. The van der Waals surface area contributed by atoms with Crippen LogP contribution in [-0.4, -0.2) is 66.1 Å². The maximum absolute atomic E-state index is 13.6. The Bertz CT molecular complexity index is 1270. The van der Waals surface area contributed by atoms with Crippen LogP contribution in [0.2, 0.25) is 5.02 Å². The molecule has 3 N–H and O–H groups in total. The van der Waals surface area contributed by atoms with Gasteiger partial charge in [-0.15, -0.1) is 0 Å². The van der Waals surface area contributed by atoms with Crippen molar-refractivity contribution in [2.45, 2.75) is 37.3 Å². The molecule has 4 rings (SSSR count). The zero-order valence-corrected chi connectivity index (χ0v) is 21.1. The van der Waals surface area contributed by atoms with Gasteiger partial charge in [-0.3, -0.25) is 9.80 Å². The van der Waals surface area contributed by atoms with Crippen molar-refractivity contribution in [1.82, 2.24) is 15.2 Å². The summed E-state index contributed by atoms with van der Waals surface area (Å²) < 4.78 is 89.9. The first kappa shape index (κ1) is 29.3. The number of nitrogens with two attached hydrogens (primary N) is 1. The molecule has 0 saturated carbocycles. The van der Waals surface area contributed by atoms with Crippen LogP contribution in [0.5, 0.6) is 0 Å². The monoisotopic (exact) mass is 593 g/mol. The molecule has 0 aromatic heterocycles. The van der Waals surface area contributed by atoms with Crippen LogP contribution in [0.4, 0.5) is 31.1 Å². The minimum atomic E-state index is -4.77. The summed E-state index contributed by atoms with van der Waals surface area (Å²) in [5, 5.41) is 8.27. The van der Waals surface area contributed by atoms with Gasteiger partial charge in [0.25, 0.3) is 0 Å². The highest BCUT2D eigenvalue weighted by atomic mass is 35.5. The largest absolute Gasteiger partial charge is 0.447 e. The third-order valence-corrected chi connectivity index (χ3v) is 6.21. The Morgan fingerprint density at radius 2 is 1.75 bits per heavy atom. The Morgan fingerprint density at radius 1 is 1.07 bits per heavy atom. The predicted molar refractivity (Wildman–Crippen MR) is 129 cm³/mol. The quantitative estimate of drug-likeness (QED) is 0.333. The van der Waals surface area contributed by atoms with Crippen molar-refractivity contribution in [2.75, 3.05) is 19.7 Å². The van der Waals surface area contributed by atoms with E-state index in [0.29, 0.717) is 10.6 Å². The molecule has 2 aliphatic heterocycles. The molecule has 9 nitrogen and oxygen atoms in total. The molecular weight excluding hydrogens is 572 g/mol. The maximum Gasteiger partial charge on any atom is 0.416 e. The maximum atomic E-state index is 13.6. The molecule has 2 aliphatic rings. The van der Waals surface area contributed by atoms with E-state index < -0.39 is 74.5 Å². The molecule has 0 bridgehead atoms. The first-order chi connectivity index (χ1) is 18.7. The van der Waals surface area contributed by atoms with E-state index in [-0.39, 0.29) is 11.4 Å². The van der Waals surface area contributed by atoms with E-state index in [1.54, 1.807) is 0 Å². The molecule has 216 valence electrons. The van der Waals surface area contributed by atoms with Crippen LogP contribution >= 0.6 is 11.6 Å². The third kappa shape index (κ3) is 7.27. The van der Waals surface area contributed by atoms with E-state index in [2.05, 4.69) is 15.2 Å². The standard InChI is InChI=1S/C24H22ClF6N5O4/c25-14-7-5-13(6-8-14)19-34-36(21-20(40-21)35(19)10-9-23(26,27)28)11-18(37)33-17(12-39-22(32)38)15-3-1-2-4-16(15)24(29,30)31/h1-8,17,20-21H,9-12H2,(H2,32,38)(H,33,37). The predicted octanol–water partition coefficient (Wildman–Crippen LogP) is 4.23. The van der Waals surface area contributed by atoms with Crippen molar-refractivity contribution in [2.24, 2.45) is 10.8 Å². The van der Waals surface area contributed by atoms with Crippen LogP contribution in [0.15, 0.2) is 53.6 Å². The number of carbonyl (C=O) groups excluding carboxylic acids is 2. The van der Waals surface area contributed by atoms with Gasteiger partial charge in [0.1, 0.15) is 13.2 Å². The number of benzene rings is 2. The molecule has 0 spiro atoms. The van der Waals surface area contributed by atoms with Crippen molar-refractivity contribution in [3.05, 3.63) is 70.2 Å². The summed E-state index contributed by atoms with van der Waals surface area (Å²) in [4.78, 5) is 25.4. The number of halogens is 7. The van der Waals surface area contributed by atoms with Gasteiger partial charge < -0.3 is 25.4 Å². The van der Waals surface area contributed by atoms with Crippen molar-refractivity contribution < 1.29 is 45.4 Å². The second-order valence-corrected chi connectivity index (χ2v) is 9.28. The first-order valence-electron chi connectivity index (χ1n) is 11.7. The number of epoxide rings is 1. The minimum absolute atomic E-state index is 0.0866. The SMILES string of the molecule is NC(=O)OCC(NC(=O)CN1N=C(c2ccc(Cl)cc2)N(CCC(F)(F)F)C2OC21)c1ccccc1C(F)(F)F. The molecule has 2 heterocycles. The van der Waals surface area contributed by atoms with Gasteiger partial charge in [-0.05, 0) is 35.9 Å². The van der Waals surface area contributed by atoms with Crippen LogP contribution < -0.4 is 11.1 Å². The molecule has 16 heteroatoms. The summed E-state index contributed by atoms with van der Waals surface area (Å²) in [7, 11) is 0. The van der Waals surface area contributed by atoms with Crippen molar-refractivity contribution in [3.63, 3.8) is 0 Å². The van der Waals surface area contributed by atoms with Gasteiger partial charge in [0.2, 0.25) is 5.91 Å². The highest BCUT2D eigenvalue weighted by Gasteiger charge is 2.53. The number of nitrogens with one attached hydrogen (secondary N) is 1. The van der Waals surface area contributed by atoms with Crippen LogP contribution in [0.3, 0.4) is 0 Å². The number of alkyl halides is 6. The number of primary amides is 1. The Hall–Kier alpha value is -3.72. The van der Waals surface area contributed by atoms with E-state index in [4.69, 9.17) is 22.1 Å². The fourth-order valence-corrected chi connectivity index (χ4v) is 4.27. The van der Waals surface area contributed by atoms with Crippen LogP contribution in [0.1, 0.15) is 29.2 Å². The molecule has 2 aromatic carbocycles. The second kappa shape index (κ2) is 11.4. The highest BCUT2D eigenvalue weighted by molar-refractivity contribution is 6.30. The third-order valence-electron chi connectivity index (χ3n) is 5.96. The molecule has 2 aromatic rings. The number of hydrazone groups is 1. The Balaban J connectivity index is 1.57. The van der Waals surface area contributed by atoms with Gasteiger partial charge in [0.05, 0.1) is 18.0 Å². The minimum Gasteiger partial charge on any atom is -0.447 e. The number of ether oxygens (including phenoxy) is 2. The van der Waals surface area contributed by atoms with Gasteiger partial charge in [-0.1, -0.05) is 29.8 Å². The summed E-state index contributed by atoms with van der Waals surface area (Å²) in [6.07, 6.45) is -13.3. The first-order valence-corrected chi connectivity index (χ1v) is 12.1. The smallest absolute Gasteiger partial charge is 0.416 e. The van der Waals surface area contributed by atoms with Crippen molar-refractivity contribution in [1.29, 1.82) is 0 Å². The number of nitrogens with zero attached hydrogens (tertiary/aromatic N) is 3. The lowest BCUT2D eigenvalue weighted by atomic mass is 10.00. The van der Waals surface area contributed by atoms with Gasteiger partial charge in [-0.2, -0.15) is 31.4 Å². The zero-order chi connectivity index (χ0) is 29.2. The van der Waals surface area contributed by atoms with Crippen LogP contribution in [0.25, 0.3) is 0 Å². The molecule has 0 radical (unpaired) electrons. The van der Waals surface area contributed by atoms with E-state index in [9.17, 15) is 35.9 Å². The number of hydrogen-bond acceptors (Lipinski definition) is 7. The summed E-state index contributed by atoms with van der Waals surface area (Å²) in [6.45, 7) is -1.69. The molecule has 1 fully saturated rings. The van der Waals surface area contributed by atoms with Crippen LogP contribution in [0, 0.1) is 0 Å². The fraction of sp³-hybridized carbons (Fsp3) is 0.375. The molecule has 2 amide bonds. The second-order valence-electron chi connectivity index (χ2n) is 8.84. The van der Waals surface area contributed by atoms with E-state index >= 15 is 0 Å². The number of amides is 2. The Labute approximate surface area is 228 Å². The van der Waals surface area contributed by atoms with E-state index in [1.165, 1.54) is 40.2 Å². The van der Waals surface area contributed by atoms with Gasteiger partial charge in [0, 0.05) is 17.1 Å². The topological polar surface area (TPSA) is 113 Å². The number of rotatable bonds is 9. The van der Waals surface area contributed by atoms with E-state index in [0.717, 1.165) is 18.2 Å². The van der Waals surface area contributed by atoms with E-state index in [1.807, 2.05) is 0 Å². The van der Waals surface area contributed by atoms with Crippen molar-refractivity contribution >= 4 is 29.4 Å². The zero-order valence-electron chi connectivity index (χ0n) is 20.4. The highest BCUT2D eigenvalue weighted by Crippen LogP contribution is 2.37.